The lowest BCUT2D eigenvalue weighted by atomic mass is 10.0. The van der Waals surface area contributed by atoms with Gasteiger partial charge in [0.1, 0.15) is 0 Å². The molecule has 0 aliphatic carbocycles. The topological polar surface area (TPSA) is 68.0 Å². The van der Waals surface area contributed by atoms with Gasteiger partial charge in [-0.15, -0.1) is 0 Å². The highest BCUT2D eigenvalue weighted by Gasteiger charge is 2.07. The van der Waals surface area contributed by atoms with Crippen molar-refractivity contribution in [2.75, 3.05) is 0 Å². The Morgan fingerprint density at radius 3 is 2.60 bits per heavy atom. The molecule has 1 amide bonds. The minimum atomic E-state index is -0.391. The Hall–Kier alpha value is -2.20. The summed E-state index contributed by atoms with van der Waals surface area (Å²) in [6.07, 6.45) is 3.58. The average molecular weight is 269 g/mol. The summed E-state index contributed by atoms with van der Waals surface area (Å²) >= 11 is 0. The Kier molecular flexibility index (Phi) is 4.48. The number of aryl methyl sites for hydroxylation is 1. The Morgan fingerprint density at radius 1 is 1.30 bits per heavy atom. The van der Waals surface area contributed by atoms with Crippen LogP contribution in [0.1, 0.15) is 40.0 Å². The van der Waals surface area contributed by atoms with E-state index in [-0.39, 0.29) is 6.04 Å². The molecule has 20 heavy (non-hydrogen) atoms. The van der Waals surface area contributed by atoms with Gasteiger partial charge in [0.15, 0.2) is 0 Å². The molecular weight excluding hydrogens is 250 g/mol. The number of nitrogens with one attached hydrogen (secondary N) is 1. The molecule has 0 fully saturated rings. The van der Waals surface area contributed by atoms with Crippen LogP contribution >= 0.6 is 0 Å². The molecule has 0 spiro atoms. The monoisotopic (exact) mass is 269 g/mol. The van der Waals surface area contributed by atoms with E-state index in [1.807, 2.05) is 31.2 Å². The molecule has 0 saturated heterocycles. The number of rotatable bonds is 5. The van der Waals surface area contributed by atoms with Crippen molar-refractivity contribution < 1.29 is 4.79 Å². The maximum atomic E-state index is 11.1. The van der Waals surface area contributed by atoms with Crippen molar-refractivity contribution in [3.05, 3.63) is 65.0 Å². The van der Waals surface area contributed by atoms with E-state index < -0.39 is 5.91 Å². The predicted molar refractivity (Wildman–Crippen MR) is 79.2 cm³/mol. The first-order valence-electron chi connectivity index (χ1n) is 6.60. The van der Waals surface area contributed by atoms with Crippen molar-refractivity contribution in [2.45, 2.75) is 26.4 Å². The predicted octanol–water partition coefficient (Wildman–Crippen LogP) is 2.34. The minimum Gasteiger partial charge on any atom is -0.366 e. The van der Waals surface area contributed by atoms with Crippen LogP contribution in [-0.4, -0.2) is 10.9 Å². The maximum absolute atomic E-state index is 11.1. The average Bonchev–Trinajstić information content (AvgIpc) is 2.46. The van der Waals surface area contributed by atoms with Gasteiger partial charge < -0.3 is 11.1 Å². The van der Waals surface area contributed by atoms with Gasteiger partial charge in [-0.3, -0.25) is 9.78 Å². The zero-order chi connectivity index (χ0) is 14.5. The molecule has 0 aliphatic rings. The highest BCUT2D eigenvalue weighted by molar-refractivity contribution is 5.93. The number of pyridine rings is 1. The van der Waals surface area contributed by atoms with Crippen LogP contribution in [0, 0.1) is 6.92 Å². The maximum Gasteiger partial charge on any atom is 0.248 e. The summed E-state index contributed by atoms with van der Waals surface area (Å²) < 4.78 is 0. The third-order valence-electron chi connectivity index (χ3n) is 3.43. The number of hydrogen-bond acceptors (Lipinski definition) is 3. The molecule has 1 atom stereocenters. The third kappa shape index (κ3) is 3.42. The molecule has 0 bridgehead atoms. The second-order valence-electron chi connectivity index (χ2n) is 4.89. The summed E-state index contributed by atoms with van der Waals surface area (Å²) in [7, 11) is 0. The van der Waals surface area contributed by atoms with E-state index >= 15 is 0 Å². The first-order valence-corrected chi connectivity index (χ1v) is 6.60. The molecule has 2 rings (SSSR count). The van der Waals surface area contributed by atoms with Crippen LogP contribution in [0.5, 0.6) is 0 Å². The van der Waals surface area contributed by atoms with Gasteiger partial charge in [-0.2, -0.15) is 0 Å². The van der Waals surface area contributed by atoms with Crippen molar-refractivity contribution in [1.29, 1.82) is 0 Å². The van der Waals surface area contributed by atoms with Gasteiger partial charge in [-0.05, 0) is 54.8 Å². The van der Waals surface area contributed by atoms with E-state index in [1.54, 1.807) is 18.5 Å². The van der Waals surface area contributed by atoms with E-state index in [9.17, 15) is 4.79 Å². The molecule has 4 nitrogen and oxygen atoms in total. The Bertz CT molecular complexity index is 596. The lowest BCUT2D eigenvalue weighted by molar-refractivity contribution is 0.1000. The fourth-order valence-electron chi connectivity index (χ4n) is 2.08. The standard InChI is InChI=1S/C16H19N3O/c1-11-9-14(16(17)20)3-4-15(11)10-19-12(2)13-5-7-18-8-6-13/h3-9,12,19H,10H2,1-2H3,(H2,17,20). The Morgan fingerprint density at radius 2 is 2.00 bits per heavy atom. The van der Waals surface area contributed by atoms with E-state index in [1.165, 1.54) is 5.56 Å². The molecule has 1 aromatic heterocycles. The largest absolute Gasteiger partial charge is 0.366 e. The van der Waals surface area contributed by atoms with E-state index in [2.05, 4.69) is 17.2 Å². The zero-order valence-corrected chi connectivity index (χ0v) is 11.8. The lowest BCUT2D eigenvalue weighted by Crippen LogP contribution is -2.19. The summed E-state index contributed by atoms with van der Waals surface area (Å²) in [5.74, 6) is -0.391. The van der Waals surface area contributed by atoms with Gasteiger partial charge in [0.25, 0.3) is 0 Å². The van der Waals surface area contributed by atoms with Crippen LogP contribution in [0.3, 0.4) is 0 Å². The van der Waals surface area contributed by atoms with Crippen LogP contribution < -0.4 is 11.1 Å². The summed E-state index contributed by atoms with van der Waals surface area (Å²) in [6.45, 7) is 4.84. The zero-order valence-electron chi connectivity index (χ0n) is 11.8. The fraction of sp³-hybridized carbons (Fsp3) is 0.250. The molecule has 1 aromatic carbocycles. The lowest BCUT2D eigenvalue weighted by Gasteiger charge is -2.15. The molecule has 4 heteroatoms. The van der Waals surface area contributed by atoms with E-state index in [4.69, 9.17) is 5.73 Å². The van der Waals surface area contributed by atoms with Crippen molar-refractivity contribution in [1.82, 2.24) is 10.3 Å². The molecule has 0 saturated carbocycles. The smallest absolute Gasteiger partial charge is 0.248 e. The quantitative estimate of drug-likeness (QED) is 0.875. The molecule has 0 aliphatic heterocycles. The van der Waals surface area contributed by atoms with Gasteiger partial charge in [0.05, 0.1) is 0 Å². The first-order chi connectivity index (χ1) is 9.58. The first kappa shape index (κ1) is 14.2. The van der Waals surface area contributed by atoms with Gasteiger partial charge in [0, 0.05) is 30.5 Å². The van der Waals surface area contributed by atoms with Gasteiger partial charge >= 0.3 is 0 Å². The van der Waals surface area contributed by atoms with Crippen molar-refractivity contribution in [3.63, 3.8) is 0 Å². The highest BCUT2D eigenvalue weighted by atomic mass is 16.1. The molecule has 1 heterocycles. The number of carbonyl (C=O) groups excluding carboxylic acids is 1. The van der Waals surface area contributed by atoms with Crippen LogP contribution in [0.25, 0.3) is 0 Å². The van der Waals surface area contributed by atoms with Crippen LogP contribution in [0.4, 0.5) is 0 Å². The van der Waals surface area contributed by atoms with Gasteiger partial charge in [-0.25, -0.2) is 0 Å². The van der Waals surface area contributed by atoms with E-state index in [0.29, 0.717) is 5.56 Å². The number of nitrogens with zero attached hydrogens (tertiary/aromatic N) is 1. The van der Waals surface area contributed by atoms with Crippen molar-refractivity contribution >= 4 is 5.91 Å². The second kappa shape index (κ2) is 6.30. The van der Waals surface area contributed by atoms with E-state index in [0.717, 1.165) is 17.7 Å². The molecule has 2 aromatic rings. The number of primary amides is 1. The second-order valence-corrected chi connectivity index (χ2v) is 4.89. The van der Waals surface area contributed by atoms with Crippen molar-refractivity contribution in [2.24, 2.45) is 5.73 Å². The fourth-order valence-corrected chi connectivity index (χ4v) is 2.08. The summed E-state index contributed by atoms with van der Waals surface area (Å²) in [5, 5.41) is 3.46. The Balaban J connectivity index is 2.02. The Labute approximate surface area is 119 Å². The number of amides is 1. The summed E-state index contributed by atoms with van der Waals surface area (Å²) in [6, 6.07) is 9.79. The molecule has 104 valence electrons. The SMILES string of the molecule is Cc1cc(C(N)=O)ccc1CNC(C)c1ccncc1. The molecule has 3 N–H and O–H groups in total. The summed E-state index contributed by atoms with van der Waals surface area (Å²) in [4.78, 5) is 15.1. The number of benzene rings is 1. The molecule has 1 unspecified atom stereocenters. The molecular formula is C16H19N3O. The number of hydrogen-bond donors (Lipinski definition) is 2. The normalized spacial score (nSPS) is 12.1. The van der Waals surface area contributed by atoms with Crippen LogP contribution in [0.2, 0.25) is 0 Å². The van der Waals surface area contributed by atoms with Gasteiger partial charge in [0.2, 0.25) is 5.91 Å². The number of aromatic nitrogens is 1. The summed E-state index contributed by atoms with van der Waals surface area (Å²) in [5.41, 5.74) is 9.25. The third-order valence-corrected chi connectivity index (χ3v) is 3.43. The van der Waals surface area contributed by atoms with Crippen LogP contribution in [0.15, 0.2) is 42.7 Å². The minimum absolute atomic E-state index is 0.244. The van der Waals surface area contributed by atoms with Gasteiger partial charge in [-0.1, -0.05) is 6.07 Å². The molecule has 0 radical (unpaired) electrons. The van der Waals surface area contributed by atoms with Crippen molar-refractivity contribution in [3.8, 4) is 0 Å². The van der Waals surface area contributed by atoms with Crippen LogP contribution in [-0.2, 0) is 6.54 Å². The highest BCUT2D eigenvalue weighted by Crippen LogP contribution is 2.14. The number of nitrogens with two attached hydrogens (primary N) is 1. The number of carbonyl (C=O) groups is 1.